The topological polar surface area (TPSA) is 26.3 Å². The third kappa shape index (κ3) is 4.93. The molecule has 0 spiro atoms. The molecule has 0 unspecified atom stereocenters. The van der Waals surface area contributed by atoms with Crippen molar-refractivity contribution in [2.45, 2.75) is 6.42 Å². The van der Waals surface area contributed by atoms with Gasteiger partial charge in [-0.3, -0.25) is 0 Å². The van der Waals surface area contributed by atoms with Crippen LogP contribution in [-0.2, 0) is 4.74 Å². The zero-order chi connectivity index (χ0) is 14.0. The maximum atomic E-state index is 11.6. The first-order chi connectivity index (χ1) is 9.86. The number of rotatable bonds is 4. The van der Waals surface area contributed by atoms with Gasteiger partial charge >= 0.3 is 125 Å². The molecule has 0 heterocycles. The van der Waals surface area contributed by atoms with E-state index >= 15 is 0 Å². The molecule has 0 amide bonds. The third-order valence-corrected chi connectivity index (χ3v) is 4.04. The fourth-order valence-electron chi connectivity index (χ4n) is 1.49. The molecule has 0 saturated carbocycles. The van der Waals surface area contributed by atoms with E-state index in [-0.39, 0.29) is 20.9 Å². The molecule has 2 nitrogen and oxygen atoms in total. The summed E-state index contributed by atoms with van der Waals surface area (Å²) in [6, 6.07) is 19.2. The molecule has 3 heteroatoms. The zero-order valence-electron chi connectivity index (χ0n) is 10.9. The maximum absolute atomic E-state index is 11.6. The average Bonchev–Trinajstić information content (AvgIpc) is 2.52. The van der Waals surface area contributed by atoms with Crippen LogP contribution in [0.1, 0.15) is 16.8 Å². The van der Waals surface area contributed by atoms with Crippen molar-refractivity contribution in [1.82, 2.24) is 0 Å². The van der Waals surface area contributed by atoms with Crippen molar-refractivity contribution >= 4 is 25.4 Å². The van der Waals surface area contributed by atoms with E-state index in [4.69, 9.17) is 4.74 Å². The number of hydrogen-bond donors (Lipinski definition) is 0. The van der Waals surface area contributed by atoms with Gasteiger partial charge in [0.05, 0.1) is 0 Å². The summed E-state index contributed by atoms with van der Waals surface area (Å²) in [6.07, 6.45) is 0.577. The Bertz CT molecular complexity index is 597. The molecule has 2 aromatic carbocycles. The van der Waals surface area contributed by atoms with Crippen LogP contribution in [0.15, 0.2) is 60.7 Å². The van der Waals surface area contributed by atoms with Crippen LogP contribution in [0.25, 0.3) is 0 Å². The van der Waals surface area contributed by atoms with Gasteiger partial charge in [-0.15, -0.1) is 0 Å². The molecule has 0 atom stereocenters. The summed E-state index contributed by atoms with van der Waals surface area (Å²) in [7, 11) is 0. The van der Waals surface area contributed by atoms with Crippen molar-refractivity contribution in [3.05, 3.63) is 66.2 Å². The first-order valence-corrected chi connectivity index (χ1v) is 7.99. The number of benzene rings is 2. The Morgan fingerprint density at radius 1 is 1.00 bits per heavy atom. The van der Waals surface area contributed by atoms with Crippen LogP contribution in [0.2, 0.25) is 0 Å². The molecule has 0 aliphatic rings. The summed E-state index contributed by atoms with van der Waals surface area (Å²) >= 11 is 0.171. The van der Waals surface area contributed by atoms with Crippen LogP contribution in [0.5, 0.6) is 0 Å². The molecule has 0 fully saturated rings. The van der Waals surface area contributed by atoms with Crippen molar-refractivity contribution in [1.29, 1.82) is 0 Å². The van der Waals surface area contributed by atoms with E-state index < -0.39 is 0 Å². The van der Waals surface area contributed by atoms with Gasteiger partial charge in [0.15, 0.2) is 0 Å². The Morgan fingerprint density at radius 3 is 2.35 bits per heavy atom. The molecule has 2 rings (SSSR count). The van der Waals surface area contributed by atoms with Crippen LogP contribution in [0, 0.1) is 10.7 Å². The van der Waals surface area contributed by atoms with Crippen molar-refractivity contribution in [2.24, 2.45) is 0 Å². The molecule has 20 heavy (non-hydrogen) atoms. The normalized spacial score (nSPS) is 9.40. The van der Waals surface area contributed by atoms with Crippen LogP contribution in [0.3, 0.4) is 0 Å². The van der Waals surface area contributed by atoms with E-state index in [1.165, 1.54) is 4.46 Å². The van der Waals surface area contributed by atoms with Crippen molar-refractivity contribution < 1.29 is 9.53 Å². The second-order valence-electron chi connectivity index (χ2n) is 3.95. The number of carbonyl (C=O) groups is 1. The Balaban J connectivity index is 1.68. The van der Waals surface area contributed by atoms with Crippen molar-refractivity contribution in [2.75, 3.05) is 6.61 Å². The van der Waals surface area contributed by atoms with Crippen LogP contribution in [-0.4, -0.2) is 27.5 Å². The Morgan fingerprint density at radius 2 is 1.65 bits per heavy atom. The van der Waals surface area contributed by atoms with Gasteiger partial charge < -0.3 is 0 Å². The standard InChI is InChI=1S/C17H14O2Se/c18-17(15-9-3-1-4-10-15)19-13-7-8-14-20-16-11-5-2-6-12-16/h1-6,9-12H,7,13H2. The fraction of sp³-hybridized carbons (Fsp3) is 0.118. The summed E-state index contributed by atoms with van der Waals surface area (Å²) in [5, 5.41) is 0. The summed E-state index contributed by atoms with van der Waals surface area (Å²) < 4.78 is 6.40. The average molecular weight is 329 g/mol. The van der Waals surface area contributed by atoms with Gasteiger partial charge in [-0.1, -0.05) is 0 Å². The quantitative estimate of drug-likeness (QED) is 0.372. The monoisotopic (exact) mass is 330 g/mol. The molecule has 0 saturated heterocycles. The second-order valence-corrected chi connectivity index (χ2v) is 5.79. The summed E-state index contributed by atoms with van der Waals surface area (Å²) in [6.45, 7) is 0.339. The van der Waals surface area contributed by atoms with Gasteiger partial charge in [-0.25, -0.2) is 0 Å². The molecule has 0 aliphatic heterocycles. The molecule has 100 valence electrons. The Kier molecular flexibility index (Phi) is 5.92. The van der Waals surface area contributed by atoms with E-state index in [2.05, 4.69) is 22.9 Å². The number of esters is 1. The Labute approximate surface area is 125 Å². The predicted molar refractivity (Wildman–Crippen MR) is 80.9 cm³/mol. The minimum atomic E-state index is -0.291. The van der Waals surface area contributed by atoms with Gasteiger partial charge in [0.1, 0.15) is 0 Å². The van der Waals surface area contributed by atoms with E-state index in [0.29, 0.717) is 18.6 Å². The van der Waals surface area contributed by atoms with Gasteiger partial charge in [-0.05, 0) is 0 Å². The van der Waals surface area contributed by atoms with Gasteiger partial charge in [-0.2, -0.15) is 0 Å². The van der Waals surface area contributed by atoms with Crippen molar-refractivity contribution in [3.8, 4) is 10.7 Å². The SMILES string of the molecule is O=C(OCCC#C[Se]c1ccccc1)c1ccccc1. The third-order valence-electron chi connectivity index (χ3n) is 2.45. The van der Waals surface area contributed by atoms with Crippen LogP contribution in [0.4, 0.5) is 0 Å². The van der Waals surface area contributed by atoms with Gasteiger partial charge in [0, 0.05) is 0 Å². The predicted octanol–water partition coefficient (Wildman–Crippen LogP) is 2.22. The molecular formula is C17H14O2Se. The molecule has 0 aliphatic carbocycles. The molecule has 2 aromatic rings. The molecule has 0 aromatic heterocycles. The minimum absolute atomic E-state index is 0.171. The van der Waals surface area contributed by atoms with E-state index in [1.54, 1.807) is 12.1 Å². The fourth-order valence-corrected chi connectivity index (χ4v) is 2.71. The molecular weight excluding hydrogens is 315 g/mol. The van der Waals surface area contributed by atoms with Crippen molar-refractivity contribution in [3.63, 3.8) is 0 Å². The first kappa shape index (κ1) is 14.4. The molecule has 0 N–H and O–H groups in total. The number of hydrogen-bond acceptors (Lipinski definition) is 2. The summed E-state index contributed by atoms with van der Waals surface area (Å²) in [5.74, 6) is 2.75. The van der Waals surface area contributed by atoms with Gasteiger partial charge in [0.2, 0.25) is 0 Å². The molecule has 0 radical (unpaired) electrons. The molecule has 0 bridgehead atoms. The Hall–Kier alpha value is -2.01. The zero-order valence-corrected chi connectivity index (χ0v) is 12.6. The van der Waals surface area contributed by atoms with E-state index in [0.717, 1.165) is 0 Å². The van der Waals surface area contributed by atoms with Crippen LogP contribution < -0.4 is 4.46 Å². The van der Waals surface area contributed by atoms with E-state index in [1.807, 2.05) is 36.4 Å². The van der Waals surface area contributed by atoms with E-state index in [9.17, 15) is 4.79 Å². The summed E-state index contributed by atoms with van der Waals surface area (Å²) in [5.41, 5.74) is 0.578. The van der Waals surface area contributed by atoms with Gasteiger partial charge in [0.25, 0.3) is 0 Å². The second kappa shape index (κ2) is 8.22. The first-order valence-electron chi connectivity index (χ1n) is 6.28. The summed E-state index contributed by atoms with van der Waals surface area (Å²) in [4.78, 5) is 14.8. The van der Waals surface area contributed by atoms with Crippen LogP contribution >= 0.6 is 0 Å². The number of carbonyl (C=O) groups excluding carboxylic acids is 1. The number of ether oxygens (including phenoxy) is 1.